The molecule has 2 N–H and O–H groups in total. The molecule has 0 spiro atoms. The summed E-state index contributed by atoms with van der Waals surface area (Å²) in [5.41, 5.74) is 5.23. The Hall–Kier alpha value is -6.01. The number of pyridine rings is 1. The first kappa shape index (κ1) is 45.5. The summed E-state index contributed by atoms with van der Waals surface area (Å²) in [6.45, 7) is 14.2. The molecule has 4 amide bonds. The molecule has 2 aliphatic heterocycles. The monoisotopic (exact) mass is 844 g/mol. The Morgan fingerprint density at radius 3 is 2.08 bits per heavy atom. The first-order chi connectivity index (χ1) is 30.0. The summed E-state index contributed by atoms with van der Waals surface area (Å²) in [4.78, 5) is 55.1. The van der Waals surface area contributed by atoms with Crippen LogP contribution < -0.4 is 20.1 Å². The van der Waals surface area contributed by atoms with Crippen molar-refractivity contribution in [3.8, 4) is 11.5 Å². The molecule has 1 unspecified atom stereocenters. The van der Waals surface area contributed by atoms with Crippen molar-refractivity contribution in [2.45, 2.75) is 103 Å². The van der Waals surface area contributed by atoms with Crippen molar-refractivity contribution in [1.82, 2.24) is 15.2 Å². The fourth-order valence-corrected chi connectivity index (χ4v) is 7.68. The van der Waals surface area contributed by atoms with E-state index in [1.165, 1.54) is 24.0 Å². The average molecular weight is 845 g/mol. The third-order valence-corrected chi connectivity index (χ3v) is 11.4. The minimum absolute atomic E-state index is 0.0937. The maximum atomic E-state index is 13.0. The van der Waals surface area contributed by atoms with Crippen LogP contribution in [0, 0.1) is 0 Å². The van der Waals surface area contributed by atoms with Crippen LogP contribution >= 0.6 is 0 Å². The molecule has 0 radical (unpaired) electrons. The Morgan fingerprint density at radius 1 is 0.774 bits per heavy atom. The molecule has 1 fully saturated rings. The average Bonchev–Trinajstić information content (AvgIpc) is 3.52. The summed E-state index contributed by atoms with van der Waals surface area (Å²) in [5.74, 6) is 0.244. The molecular formula is C50H60N4O8. The van der Waals surface area contributed by atoms with E-state index < -0.39 is 29.7 Å². The number of fused-ring (bicyclic) bond motifs is 1. The Kier molecular flexibility index (Phi) is 16.3. The highest BCUT2D eigenvalue weighted by molar-refractivity contribution is 6.23. The van der Waals surface area contributed by atoms with E-state index in [0.717, 1.165) is 72.8 Å². The molecule has 4 aromatic rings. The van der Waals surface area contributed by atoms with Crippen molar-refractivity contribution in [3.05, 3.63) is 125 Å². The van der Waals surface area contributed by atoms with Crippen molar-refractivity contribution in [1.29, 1.82) is 0 Å². The number of carbonyl (C=O) groups is 4. The molecule has 2 aliphatic rings. The molecule has 328 valence electrons. The minimum atomic E-state index is -0.967. The van der Waals surface area contributed by atoms with E-state index in [9.17, 15) is 19.2 Å². The second-order valence-electron chi connectivity index (χ2n) is 16.3. The van der Waals surface area contributed by atoms with E-state index in [-0.39, 0.29) is 29.4 Å². The van der Waals surface area contributed by atoms with Gasteiger partial charge in [0.05, 0.1) is 24.3 Å². The number of nitrogens with one attached hydrogen (secondary N) is 2. The van der Waals surface area contributed by atoms with Crippen LogP contribution in [0.3, 0.4) is 0 Å². The van der Waals surface area contributed by atoms with Crippen LogP contribution in [0.1, 0.15) is 128 Å². The molecule has 0 bridgehead atoms. The van der Waals surface area contributed by atoms with Crippen molar-refractivity contribution >= 4 is 35.1 Å². The van der Waals surface area contributed by atoms with Crippen LogP contribution in [-0.2, 0) is 31.1 Å². The van der Waals surface area contributed by atoms with Crippen LogP contribution in [-0.4, -0.2) is 72.5 Å². The SMILES string of the molecule is C=C(OCC)c1cc(COc2ccc(C(C)(C)c3ccc(OCCCCCCCCOCCCCNc4ccc5c(c4)C(=O)N(C4CCC(=O)NC4=O)C5=O)cc3)cc2)ccn1. The molecule has 12 nitrogen and oxygen atoms in total. The van der Waals surface area contributed by atoms with E-state index in [1.54, 1.807) is 24.4 Å². The Morgan fingerprint density at radius 2 is 1.40 bits per heavy atom. The van der Waals surface area contributed by atoms with Crippen molar-refractivity contribution < 1.29 is 38.1 Å². The van der Waals surface area contributed by atoms with Gasteiger partial charge in [0.25, 0.3) is 11.8 Å². The van der Waals surface area contributed by atoms with Gasteiger partial charge in [0.1, 0.15) is 35.6 Å². The second-order valence-corrected chi connectivity index (χ2v) is 16.3. The van der Waals surface area contributed by atoms with E-state index in [2.05, 4.69) is 72.4 Å². The zero-order valence-corrected chi connectivity index (χ0v) is 36.3. The number of rotatable bonds is 25. The molecule has 12 heteroatoms. The number of imide groups is 2. The molecule has 3 aromatic carbocycles. The summed E-state index contributed by atoms with van der Waals surface area (Å²) in [5, 5.41) is 5.53. The van der Waals surface area contributed by atoms with Crippen molar-refractivity contribution in [3.63, 3.8) is 0 Å². The van der Waals surface area contributed by atoms with Crippen LogP contribution in [0.25, 0.3) is 5.76 Å². The van der Waals surface area contributed by atoms with Gasteiger partial charge < -0.3 is 24.3 Å². The molecule has 1 atom stereocenters. The Labute approximate surface area is 365 Å². The molecule has 62 heavy (non-hydrogen) atoms. The third-order valence-electron chi connectivity index (χ3n) is 11.4. The number of amides is 4. The Bertz CT molecular complexity index is 2170. The highest BCUT2D eigenvalue weighted by atomic mass is 16.5. The number of anilines is 1. The van der Waals surface area contributed by atoms with Gasteiger partial charge in [0.15, 0.2) is 0 Å². The number of unbranched alkanes of at least 4 members (excludes halogenated alkanes) is 6. The number of nitrogens with zero attached hydrogens (tertiary/aromatic N) is 2. The molecule has 3 heterocycles. The lowest BCUT2D eigenvalue weighted by atomic mass is 9.78. The van der Waals surface area contributed by atoms with Crippen LogP contribution in [0.5, 0.6) is 11.5 Å². The van der Waals surface area contributed by atoms with Gasteiger partial charge in [-0.3, -0.25) is 34.4 Å². The molecular weight excluding hydrogens is 785 g/mol. The van der Waals surface area contributed by atoms with E-state index in [1.807, 2.05) is 31.2 Å². The molecule has 0 aliphatic carbocycles. The summed E-state index contributed by atoms with van der Waals surface area (Å²) >= 11 is 0. The number of piperidine rings is 1. The van der Waals surface area contributed by atoms with Gasteiger partial charge in [-0.1, -0.05) is 70.4 Å². The lowest BCUT2D eigenvalue weighted by Crippen LogP contribution is -2.54. The van der Waals surface area contributed by atoms with E-state index >= 15 is 0 Å². The zero-order chi connectivity index (χ0) is 43.9. The lowest BCUT2D eigenvalue weighted by Gasteiger charge is -2.27. The van der Waals surface area contributed by atoms with Gasteiger partial charge >= 0.3 is 0 Å². The van der Waals surface area contributed by atoms with Crippen LogP contribution in [0.4, 0.5) is 5.69 Å². The zero-order valence-electron chi connectivity index (χ0n) is 36.3. The highest BCUT2D eigenvalue weighted by Gasteiger charge is 2.44. The topological polar surface area (TPSA) is 145 Å². The van der Waals surface area contributed by atoms with Gasteiger partial charge in [0, 0.05) is 43.5 Å². The summed E-state index contributed by atoms with van der Waals surface area (Å²) in [6.07, 6.45) is 10.5. The number of aromatic nitrogens is 1. The highest BCUT2D eigenvalue weighted by Crippen LogP contribution is 2.34. The molecule has 0 saturated carbocycles. The fraction of sp³-hybridized carbons (Fsp3) is 0.420. The van der Waals surface area contributed by atoms with Crippen molar-refractivity contribution in [2.24, 2.45) is 0 Å². The van der Waals surface area contributed by atoms with Gasteiger partial charge in [-0.2, -0.15) is 0 Å². The second kappa shape index (κ2) is 22.2. The van der Waals surface area contributed by atoms with Gasteiger partial charge in [0.2, 0.25) is 11.8 Å². The van der Waals surface area contributed by atoms with E-state index in [0.29, 0.717) is 44.4 Å². The number of benzene rings is 3. The van der Waals surface area contributed by atoms with Crippen molar-refractivity contribution in [2.75, 3.05) is 38.3 Å². The van der Waals surface area contributed by atoms with Crippen LogP contribution in [0.2, 0.25) is 0 Å². The molecule has 1 aromatic heterocycles. The molecule has 6 rings (SSSR count). The maximum absolute atomic E-state index is 13.0. The quantitative estimate of drug-likeness (QED) is 0.0377. The number of carbonyl (C=O) groups excluding carboxylic acids is 4. The summed E-state index contributed by atoms with van der Waals surface area (Å²) in [6, 6.07) is 24.7. The number of ether oxygens (including phenoxy) is 4. The predicted octanol–water partition coefficient (Wildman–Crippen LogP) is 9.02. The first-order valence-corrected chi connectivity index (χ1v) is 22.0. The van der Waals surface area contributed by atoms with E-state index in [4.69, 9.17) is 18.9 Å². The molecule has 1 saturated heterocycles. The minimum Gasteiger partial charge on any atom is -0.494 e. The largest absolute Gasteiger partial charge is 0.494 e. The predicted molar refractivity (Wildman–Crippen MR) is 239 cm³/mol. The number of hydrogen-bond acceptors (Lipinski definition) is 10. The summed E-state index contributed by atoms with van der Waals surface area (Å²) in [7, 11) is 0. The third kappa shape index (κ3) is 12.1. The lowest BCUT2D eigenvalue weighted by molar-refractivity contribution is -0.136. The number of hydrogen-bond donors (Lipinski definition) is 2. The Balaban J connectivity index is 0.774. The summed E-state index contributed by atoms with van der Waals surface area (Å²) < 4.78 is 23.5. The fourth-order valence-electron chi connectivity index (χ4n) is 7.68. The van der Waals surface area contributed by atoms with Gasteiger partial charge in [-0.25, -0.2) is 0 Å². The van der Waals surface area contributed by atoms with Crippen LogP contribution in [0.15, 0.2) is 91.6 Å². The standard InChI is InChI=1S/C50H60N4O8/c1-5-60-35(2)44-32-36(26-28-52-44)34-62-41-21-16-38(17-22-41)50(3,4)37-14-19-40(20-15-37)61-31-12-9-7-6-8-11-29-59-30-13-10-27-51-39-18-23-42-43(33-39)49(58)54(48(42)57)45-24-25-46(55)53-47(45)56/h14-23,26,28,32-33,45,51H,2,5-13,24-25,27,29-31,34H2,1,3-4H3,(H,53,55,56). The first-order valence-electron chi connectivity index (χ1n) is 22.0. The van der Waals surface area contributed by atoms with Gasteiger partial charge in [-0.05, 0) is 110 Å². The maximum Gasteiger partial charge on any atom is 0.262 e. The smallest absolute Gasteiger partial charge is 0.262 e. The van der Waals surface area contributed by atoms with Gasteiger partial charge in [-0.15, -0.1) is 0 Å². The normalized spacial score (nSPS) is 15.0.